The van der Waals surface area contributed by atoms with Gasteiger partial charge in [-0.25, -0.2) is 4.98 Å². The van der Waals surface area contributed by atoms with Crippen LogP contribution in [0, 0.1) is 11.3 Å². The van der Waals surface area contributed by atoms with Crippen LogP contribution < -0.4 is 14.8 Å². The molecule has 2 aromatic carbocycles. The fourth-order valence-corrected chi connectivity index (χ4v) is 2.67. The van der Waals surface area contributed by atoms with Crippen LogP contribution >= 0.6 is 11.3 Å². The second kappa shape index (κ2) is 8.65. The van der Waals surface area contributed by atoms with Gasteiger partial charge in [0.15, 0.2) is 6.61 Å². The van der Waals surface area contributed by atoms with E-state index in [1.54, 1.807) is 54.0 Å². The van der Waals surface area contributed by atoms with Crippen molar-refractivity contribution in [3.05, 3.63) is 70.7 Å². The largest absolute Gasteiger partial charge is 0.487 e. The lowest BCUT2D eigenvalue weighted by Gasteiger charge is -2.08. The van der Waals surface area contributed by atoms with Crippen LogP contribution in [0.4, 0.5) is 5.69 Å². The zero-order chi connectivity index (χ0) is 18.2. The number of nitrogens with zero attached hydrogens (tertiary/aromatic N) is 2. The second-order valence-electron chi connectivity index (χ2n) is 5.22. The van der Waals surface area contributed by atoms with Crippen molar-refractivity contribution in [3.8, 4) is 17.6 Å². The molecule has 0 radical (unpaired) electrons. The highest BCUT2D eigenvalue weighted by molar-refractivity contribution is 7.07. The Kier molecular flexibility index (Phi) is 5.80. The average molecular weight is 365 g/mol. The number of aromatic nitrogens is 1. The number of nitriles is 1. The maximum atomic E-state index is 12.3. The smallest absolute Gasteiger partial charge is 0.255 e. The van der Waals surface area contributed by atoms with Gasteiger partial charge in [0.25, 0.3) is 5.91 Å². The minimum absolute atomic E-state index is 0.0113. The van der Waals surface area contributed by atoms with Gasteiger partial charge in [0.05, 0.1) is 11.2 Å². The maximum Gasteiger partial charge on any atom is 0.255 e. The highest BCUT2D eigenvalue weighted by Gasteiger charge is 2.07. The van der Waals surface area contributed by atoms with E-state index in [0.717, 1.165) is 5.69 Å². The summed E-state index contributed by atoms with van der Waals surface area (Å²) >= 11 is 1.52. The molecule has 0 saturated carbocycles. The predicted octanol–water partition coefficient (Wildman–Crippen LogP) is 3.88. The quantitative estimate of drug-likeness (QED) is 0.687. The third-order valence-electron chi connectivity index (χ3n) is 3.40. The molecule has 0 saturated heterocycles. The Morgan fingerprint density at radius 3 is 2.42 bits per heavy atom. The number of amides is 1. The average Bonchev–Trinajstić information content (AvgIpc) is 3.20. The normalized spacial score (nSPS) is 9.96. The monoisotopic (exact) mass is 365 g/mol. The number of carbonyl (C=O) groups is 1. The van der Waals surface area contributed by atoms with Gasteiger partial charge in [-0.05, 0) is 48.5 Å². The Hall–Kier alpha value is -3.37. The molecular formula is C19H15N3O3S. The molecule has 0 aliphatic carbocycles. The second-order valence-corrected chi connectivity index (χ2v) is 5.94. The molecule has 26 heavy (non-hydrogen) atoms. The number of hydrogen-bond donors (Lipinski definition) is 1. The lowest BCUT2D eigenvalue weighted by molar-refractivity contribution is 0.102. The molecule has 0 unspecified atom stereocenters. The molecule has 1 amide bonds. The number of rotatable bonds is 7. The van der Waals surface area contributed by atoms with E-state index in [1.807, 2.05) is 11.4 Å². The molecule has 1 N–H and O–H groups in total. The lowest BCUT2D eigenvalue weighted by atomic mass is 10.2. The van der Waals surface area contributed by atoms with Gasteiger partial charge < -0.3 is 14.8 Å². The van der Waals surface area contributed by atoms with E-state index in [2.05, 4.69) is 10.3 Å². The van der Waals surface area contributed by atoms with Gasteiger partial charge in [-0.15, -0.1) is 11.3 Å². The first-order valence-electron chi connectivity index (χ1n) is 7.76. The SMILES string of the molecule is N#CCOc1ccc(NC(=O)c2ccc(OCc3cscn3)cc2)cc1. The molecule has 0 aliphatic heterocycles. The van der Waals surface area contributed by atoms with Gasteiger partial charge >= 0.3 is 0 Å². The highest BCUT2D eigenvalue weighted by atomic mass is 32.1. The standard InChI is InChI=1S/C19H15N3O3S/c20-9-10-24-17-7-3-15(4-8-17)22-19(23)14-1-5-18(6-2-14)25-11-16-12-26-13-21-16/h1-8,12-13H,10-11H2,(H,22,23). The molecular weight excluding hydrogens is 350 g/mol. The molecule has 7 heteroatoms. The molecule has 0 atom stereocenters. The third-order valence-corrected chi connectivity index (χ3v) is 4.04. The summed E-state index contributed by atoms with van der Waals surface area (Å²) in [7, 11) is 0. The van der Waals surface area contributed by atoms with Crippen molar-refractivity contribution in [1.29, 1.82) is 5.26 Å². The Morgan fingerprint density at radius 2 is 1.77 bits per heavy atom. The van der Waals surface area contributed by atoms with Gasteiger partial charge in [0.2, 0.25) is 0 Å². The number of nitrogens with one attached hydrogen (secondary N) is 1. The van der Waals surface area contributed by atoms with Crippen LogP contribution in [0.1, 0.15) is 16.1 Å². The first-order chi connectivity index (χ1) is 12.7. The van der Waals surface area contributed by atoms with E-state index in [4.69, 9.17) is 14.7 Å². The molecule has 0 bridgehead atoms. The van der Waals surface area contributed by atoms with E-state index in [1.165, 1.54) is 11.3 Å². The van der Waals surface area contributed by atoms with Crippen LogP contribution in [0.5, 0.6) is 11.5 Å². The summed E-state index contributed by atoms with van der Waals surface area (Å²) in [4.78, 5) is 16.4. The molecule has 1 aromatic heterocycles. The summed E-state index contributed by atoms with van der Waals surface area (Å²) in [5.41, 5.74) is 3.80. The first kappa shape index (κ1) is 17.5. The van der Waals surface area contributed by atoms with Crippen LogP contribution in [-0.2, 0) is 6.61 Å². The topological polar surface area (TPSA) is 84.2 Å². The number of ether oxygens (including phenoxy) is 2. The van der Waals surface area contributed by atoms with Crippen molar-refractivity contribution in [3.63, 3.8) is 0 Å². The molecule has 3 aromatic rings. The molecule has 6 nitrogen and oxygen atoms in total. The Labute approximate surface area is 154 Å². The summed E-state index contributed by atoms with van der Waals surface area (Å²) in [5.74, 6) is 1.03. The van der Waals surface area contributed by atoms with Gasteiger partial charge in [0.1, 0.15) is 24.2 Å². The summed E-state index contributed by atoms with van der Waals surface area (Å²) in [6.45, 7) is 0.387. The molecule has 0 spiro atoms. The van der Waals surface area contributed by atoms with Crippen LogP contribution in [0.2, 0.25) is 0 Å². The van der Waals surface area contributed by atoms with Crippen LogP contribution in [0.3, 0.4) is 0 Å². The molecule has 3 rings (SSSR count). The Morgan fingerprint density at radius 1 is 1.08 bits per heavy atom. The van der Waals surface area contributed by atoms with E-state index >= 15 is 0 Å². The van der Waals surface area contributed by atoms with E-state index in [-0.39, 0.29) is 12.5 Å². The van der Waals surface area contributed by atoms with Gasteiger partial charge in [-0.3, -0.25) is 4.79 Å². The maximum absolute atomic E-state index is 12.3. The molecule has 0 fully saturated rings. The molecule has 1 heterocycles. The summed E-state index contributed by atoms with van der Waals surface area (Å²) in [5, 5.41) is 13.2. The Bertz CT molecular complexity index is 885. The fourth-order valence-electron chi connectivity index (χ4n) is 2.12. The number of anilines is 1. The number of carbonyl (C=O) groups excluding carboxylic acids is 1. The van der Waals surface area contributed by atoms with Crippen LogP contribution in [-0.4, -0.2) is 17.5 Å². The minimum atomic E-state index is -0.221. The van der Waals surface area contributed by atoms with E-state index in [9.17, 15) is 4.79 Å². The molecule has 130 valence electrons. The van der Waals surface area contributed by atoms with Crippen molar-refractivity contribution in [2.45, 2.75) is 6.61 Å². The minimum Gasteiger partial charge on any atom is -0.487 e. The van der Waals surface area contributed by atoms with Gasteiger partial charge in [0, 0.05) is 16.6 Å². The lowest BCUT2D eigenvalue weighted by Crippen LogP contribution is -2.11. The van der Waals surface area contributed by atoms with Crippen molar-refractivity contribution in [2.24, 2.45) is 0 Å². The first-order valence-corrected chi connectivity index (χ1v) is 8.70. The summed E-state index contributed by atoms with van der Waals surface area (Å²) in [6, 6.07) is 15.6. The zero-order valence-electron chi connectivity index (χ0n) is 13.7. The van der Waals surface area contributed by atoms with Gasteiger partial charge in [-0.1, -0.05) is 0 Å². The highest BCUT2D eigenvalue weighted by Crippen LogP contribution is 2.18. The third kappa shape index (κ3) is 4.82. The number of hydrogen-bond acceptors (Lipinski definition) is 6. The fraction of sp³-hybridized carbons (Fsp3) is 0.105. The van der Waals surface area contributed by atoms with Gasteiger partial charge in [-0.2, -0.15) is 5.26 Å². The van der Waals surface area contributed by atoms with E-state index in [0.29, 0.717) is 29.4 Å². The number of benzene rings is 2. The Balaban J connectivity index is 1.55. The van der Waals surface area contributed by atoms with E-state index < -0.39 is 0 Å². The summed E-state index contributed by atoms with van der Waals surface area (Å²) < 4.78 is 10.8. The van der Waals surface area contributed by atoms with Crippen molar-refractivity contribution < 1.29 is 14.3 Å². The van der Waals surface area contributed by atoms with Crippen LogP contribution in [0.15, 0.2) is 59.4 Å². The van der Waals surface area contributed by atoms with Crippen molar-refractivity contribution in [1.82, 2.24) is 4.98 Å². The van der Waals surface area contributed by atoms with Crippen molar-refractivity contribution in [2.75, 3.05) is 11.9 Å². The zero-order valence-corrected chi connectivity index (χ0v) is 14.5. The molecule has 0 aliphatic rings. The van der Waals surface area contributed by atoms with Crippen molar-refractivity contribution >= 4 is 22.9 Å². The van der Waals surface area contributed by atoms with Crippen LogP contribution in [0.25, 0.3) is 0 Å². The predicted molar refractivity (Wildman–Crippen MR) is 98.4 cm³/mol. The summed E-state index contributed by atoms with van der Waals surface area (Å²) in [6.07, 6.45) is 0. The number of thiazole rings is 1.